The summed E-state index contributed by atoms with van der Waals surface area (Å²) in [5.41, 5.74) is 9.87. The normalized spacial score (nSPS) is 24.0. The molecule has 0 spiro atoms. The molecule has 2 atom stereocenters. The molecule has 1 aliphatic heterocycles. The van der Waals surface area contributed by atoms with E-state index in [1.54, 1.807) is 0 Å². The number of hydrogen-bond donors (Lipinski definition) is 2. The van der Waals surface area contributed by atoms with Gasteiger partial charge in [-0.3, -0.25) is 5.73 Å². The fraction of sp³-hybridized carbons (Fsp3) is 0.214. The minimum Gasteiger partial charge on any atom is -0.471 e. The van der Waals surface area contributed by atoms with Gasteiger partial charge in [-0.05, 0) is 23.8 Å². The van der Waals surface area contributed by atoms with Gasteiger partial charge in [0.25, 0.3) is 0 Å². The Balaban J connectivity index is 2.17. The summed E-state index contributed by atoms with van der Waals surface area (Å²) >= 11 is 0. The number of nitrogens with zero attached hydrogens (tertiary/aromatic N) is 1. The van der Waals surface area contributed by atoms with Crippen LogP contribution in [0.5, 0.6) is 5.75 Å². The second-order valence-electron chi connectivity index (χ2n) is 4.98. The fourth-order valence-corrected chi connectivity index (χ4v) is 2.44. The van der Waals surface area contributed by atoms with Gasteiger partial charge in [0.05, 0.1) is 6.20 Å². The van der Waals surface area contributed by atoms with E-state index >= 15 is 0 Å². The van der Waals surface area contributed by atoms with Crippen molar-refractivity contribution in [1.29, 1.82) is 0 Å². The molecule has 3 rings (SSSR count). The maximum atomic E-state index is 13.0. The van der Waals surface area contributed by atoms with Gasteiger partial charge in [0.15, 0.2) is 6.23 Å². The minimum atomic E-state index is -4.62. The van der Waals surface area contributed by atoms with Crippen molar-refractivity contribution in [1.82, 2.24) is 4.98 Å². The summed E-state index contributed by atoms with van der Waals surface area (Å²) < 4.78 is 56.9. The summed E-state index contributed by atoms with van der Waals surface area (Å²) in [7, 11) is 0. The molecule has 2 unspecified atom stereocenters. The molecule has 4 N–H and O–H groups in total. The van der Waals surface area contributed by atoms with Crippen molar-refractivity contribution < 1.29 is 22.3 Å². The highest BCUT2D eigenvalue weighted by Crippen LogP contribution is 2.43. The summed E-state index contributed by atoms with van der Waals surface area (Å²) in [6.07, 6.45) is -4.79. The molecule has 8 heteroatoms. The molecule has 0 saturated heterocycles. The average molecular weight is 313 g/mol. The molecule has 1 aromatic heterocycles. The monoisotopic (exact) mass is 313 g/mol. The van der Waals surface area contributed by atoms with E-state index in [0.29, 0.717) is 5.56 Å². The average Bonchev–Trinajstić information content (AvgIpc) is 2.71. The first-order valence-electron chi connectivity index (χ1n) is 6.28. The van der Waals surface area contributed by atoms with Crippen molar-refractivity contribution >= 4 is 0 Å². The van der Waals surface area contributed by atoms with Crippen molar-refractivity contribution in [3.8, 4) is 5.75 Å². The highest BCUT2D eigenvalue weighted by atomic mass is 19.4. The van der Waals surface area contributed by atoms with E-state index in [0.717, 1.165) is 24.4 Å². The predicted molar refractivity (Wildman–Crippen MR) is 69.2 cm³/mol. The van der Waals surface area contributed by atoms with E-state index < -0.39 is 29.5 Å². The molecule has 1 aromatic carbocycles. The van der Waals surface area contributed by atoms with Crippen LogP contribution in [-0.4, -0.2) is 11.2 Å². The Morgan fingerprint density at radius 1 is 1.18 bits per heavy atom. The van der Waals surface area contributed by atoms with Crippen molar-refractivity contribution in [3.05, 3.63) is 59.2 Å². The smallest absolute Gasteiger partial charge is 0.433 e. The van der Waals surface area contributed by atoms with Crippen LogP contribution in [-0.2, 0) is 11.7 Å². The number of benzene rings is 1. The lowest BCUT2D eigenvalue weighted by molar-refractivity contribution is -0.141. The number of nitrogens with two attached hydrogens (primary N) is 2. The predicted octanol–water partition coefficient (Wildman–Crippen LogP) is 2.12. The van der Waals surface area contributed by atoms with Gasteiger partial charge in [-0.2, -0.15) is 13.2 Å². The zero-order valence-corrected chi connectivity index (χ0v) is 11.1. The number of hydrogen-bond acceptors (Lipinski definition) is 4. The van der Waals surface area contributed by atoms with Crippen LogP contribution in [0, 0.1) is 5.82 Å². The van der Waals surface area contributed by atoms with E-state index in [9.17, 15) is 17.6 Å². The van der Waals surface area contributed by atoms with Crippen LogP contribution in [0.2, 0.25) is 0 Å². The SMILES string of the molecule is NC1Oc2cnc(C(F)(F)F)cc2C1(N)c1ccc(F)cc1. The highest BCUT2D eigenvalue weighted by molar-refractivity contribution is 5.51. The van der Waals surface area contributed by atoms with Crippen LogP contribution in [0.3, 0.4) is 0 Å². The van der Waals surface area contributed by atoms with Crippen molar-refractivity contribution in [2.24, 2.45) is 11.5 Å². The second-order valence-corrected chi connectivity index (χ2v) is 4.98. The van der Waals surface area contributed by atoms with E-state index in [2.05, 4.69) is 4.98 Å². The van der Waals surface area contributed by atoms with Crippen LogP contribution < -0.4 is 16.2 Å². The van der Waals surface area contributed by atoms with Gasteiger partial charge in [-0.25, -0.2) is 9.37 Å². The third-order valence-electron chi connectivity index (χ3n) is 3.63. The summed E-state index contributed by atoms with van der Waals surface area (Å²) in [6, 6.07) is 5.84. The van der Waals surface area contributed by atoms with Gasteiger partial charge in [-0.15, -0.1) is 0 Å². The first-order chi connectivity index (χ1) is 10.2. The Bertz CT molecular complexity index is 717. The molecule has 116 valence electrons. The maximum Gasteiger partial charge on any atom is 0.433 e. The molecule has 0 bridgehead atoms. The van der Waals surface area contributed by atoms with E-state index in [1.807, 2.05) is 0 Å². The van der Waals surface area contributed by atoms with Gasteiger partial charge in [0, 0.05) is 5.56 Å². The Labute approximate surface area is 122 Å². The van der Waals surface area contributed by atoms with E-state index in [-0.39, 0.29) is 11.3 Å². The molecule has 0 aliphatic carbocycles. The number of pyridine rings is 1. The van der Waals surface area contributed by atoms with E-state index in [4.69, 9.17) is 16.2 Å². The van der Waals surface area contributed by atoms with Crippen LogP contribution in [0.15, 0.2) is 36.5 Å². The second kappa shape index (κ2) is 4.65. The molecule has 0 amide bonds. The lowest BCUT2D eigenvalue weighted by Gasteiger charge is -2.28. The molecule has 22 heavy (non-hydrogen) atoms. The lowest BCUT2D eigenvalue weighted by Crippen LogP contribution is -2.52. The molecular formula is C14H11F4N3O. The van der Waals surface area contributed by atoms with Gasteiger partial charge >= 0.3 is 6.18 Å². The number of halogens is 4. The largest absolute Gasteiger partial charge is 0.471 e. The van der Waals surface area contributed by atoms with Crippen molar-refractivity contribution in [2.75, 3.05) is 0 Å². The number of fused-ring (bicyclic) bond motifs is 1. The van der Waals surface area contributed by atoms with Crippen LogP contribution in [0.4, 0.5) is 17.6 Å². The molecule has 0 fully saturated rings. The Kier molecular flexibility index (Phi) is 3.12. The zero-order valence-electron chi connectivity index (χ0n) is 11.1. The Morgan fingerprint density at radius 3 is 2.41 bits per heavy atom. The summed E-state index contributed by atoms with van der Waals surface area (Å²) in [5.74, 6) is -0.418. The van der Waals surface area contributed by atoms with Gasteiger partial charge in [-0.1, -0.05) is 12.1 Å². The van der Waals surface area contributed by atoms with Gasteiger partial charge < -0.3 is 10.5 Å². The third kappa shape index (κ3) is 2.11. The number of aromatic nitrogens is 1. The van der Waals surface area contributed by atoms with Crippen LogP contribution in [0.1, 0.15) is 16.8 Å². The Morgan fingerprint density at radius 2 is 1.82 bits per heavy atom. The summed E-state index contributed by atoms with van der Waals surface area (Å²) in [5, 5.41) is 0. The van der Waals surface area contributed by atoms with Gasteiger partial charge in [0.1, 0.15) is 22.8 Å². The lowest BCUT2D eigenvalue weighted by atomic mass is 9.83. The van der Waals surface area contributed by atoms with E-state index in [1.165, 1.54) is 12.1 Å². The molecule has 2 aromatic rings. The molecule has 2 heterocycles. The topological polar surface area (TPSA) is 74.2 Å². The zero-order chi connectivity index (χ0) is 16.1. The fourth-order valence-electron chi connectivity index (χ4n) is 2.44. The van der Waals surface area contributed by atoms with Gasteiger partial charge in [0.2, 0.25) is 0 Å². The maximum absolute atomic E-state index is 13.0. The number of rotatable bonds is 1. The minimum absolute atomic E-state index is 0.0638. The number of ether oxygens (including phenoxy) is 1. The van der Waals surface area contributed by atoms with Crippen molar-refractivity contribution in [2.45, 2.75) is 17.9 Å². The quantitative estimate of drug-likeness (QED) is 0.791. The van der Waals surface area contributed by atoms with Crippen molar-refractivity contribution in [3.63, 3.8) is 0 Å². The van der Waals surface area contributed by atoms with Crippen LogP contribution >= 0.6 is 0 Å². The summed E-state index contributed by atoms with van der Waals surface area (Å²) in [4.78, 5) is 3.31. The molecule has 0 radical (unpaired) electrons. The molecular weight excluding hydrogens is 302 g/mol. The molecule has 1 aliphatic rings. The first kappa shape index (κ1) is 14.7. The first-order valence-corrected chi connectivity index (χ1v) is 6.28. The standard InChI is InChI=1S/C14H11F4N3O/c15-8-3-1-7(2-4-8)13(20)9-5-11(14(16,17)18)21-6-10(9)22-12(13)19/h1-6,12H,19-20H2. The molecule has 0 saturated carbocycles. The highest BCUT2D eigenvalue weighted by Gasteiger charge is 2.47. The Hall–Kier alpha value is -2.19. The number of alkyl halides is 3. The van der Waals surface area contributed by atoms with Crippen LogP contribution in [0.25, 0.3) is 0 Å². The summed E-state index contributed by atoms with van der Waals surface area (Å²) in [6.45, 7) is 0. The third-order valence-corrected chi connectivity index (χ3v) is 3.63. The molecule has 4 nitrogen and oxygen atoms in total.